The minimum atomic E-state index is -0.0400. The molecule has 122 valence electrons. The summed E-state index contributed by atoms with van der Waals surface area (Å²) in [5, 5.41) is 10.6. The maximum Gasteiger partial charge on any atom is 0.0685 e. The average Bonchev–Trinajstić information content (AvgIpc) is 2.50. The number of hydrogen-bond donors (Lipinski definition) is 1. The number of ether oxygens (including phenoxy) is 1. The van der Waals surface area contributed by atoms with Gasteiger partial charge in [-0.05, 0) is 62.7 Å². The lowest BCUT2D eigenvalue weighted by Gasteiger charge is -2.48. The quantitative estimate of drug-likeness (QED) is 0.818. The molecule has 0 aromatic heterocycles. The molecule has 0 amide bonds. The minimum Gasteiger partial charge on any atom is -0.393 e. The van der Waals surface area contributed by atoms with Gasteiger partial charge in [0.2, 0.25) is 0 Å². The summed E-state index contributed by atoms with van der Waals surface area (Å²) in [7, 11) is 0. The van der Waals surface area contributed by atoms with Gasteiger partial charge >= 0.3 is 0 Å². The zero-order valence-corrected chi connectivity index (χ0v) is 13.9. The number of hydrogen-bond acceptors (Lipinski definition) is 2. The van der Waals surface area contributed by atoms with E-state index in [-0.39, 0.29) is 11.7 Å². The highest BCUT2D eigenvalue weighted by Crippen LogP contribution is 2.46. The summed E-state index contributed by atoms with van der Waals surface area (Å²) in [6, 6.07) is 0. The fourth-order valence-electron chi connectivity index (χ4n) is 5.43. The number of aliphatic hydroxyl groups excluding tert-OH is 1. The van der Waals surface area contributed by atoms with Gasteiger partial charge in [0.25, 0.3) is 0 Å². The topological polar surface area (TPSA) is 29.5 Å². The smallest absolute Gasteiger partial charge is 0.0685 e. The highest BCUT2D eigenvalue weighted by Gasteiger charge is 2.43. The Morgan fingerprint density at radius 3 is 2.67 bits per heavy atom. The Morgan fingerprint density at radius 1 is 1.10 bits per heavy atom. The van der Waals surface area contributed by atoms with Crippen LogP contribution in [0.3, 0.4) is 0 Å². The monoisotopic (exact) mass is 294 g/mol. The average molecular weight is 294 g/mol. The van der Waals surface area contributed by atoms with Crippen LogP contribution in [0.4, 0.5) is 0 Å². The van der Waals surface area contributed by atoms with Crippen LogP contribution in [0.5, 0.6) is 0 Å². The van der Waals surface area contributed by atoms with Crippen LogP contribution < -0.4 is 0 Å². The highest BCUT2D eigenvalue weighted by atomic mass is 16.5. The summed E-state index contributed by atoms with van der Waals surface area (Å²) in [5.41, 5.74) is 0.193. The lowest BCUT2D eigenvalue weighted by Crippen LogP contribution is -2.46. The molecule has 4 unspecified atom stereocenters. The molecular formula is C19H34O2. The lowest BCUT2D eigenvalue weighted by atomic mass is 9.66. The van der Waals surface area contributed by atoms with Crippen molar-refractivity contribution in [1.82, 2.24) is 0 Å². The first kappa shape index (κ1) is 15.8. The molecule has 3 fully saturated rings. The van der Waals surface area contributed by atoms with Crippen LogP contribution in [0.2, 0.25) is 0 Å². The largest absolute Gasteiger partial charge is 0.393 e. The maximum atomic E-state index is 10.6. The van der Waals surface area contributed by atoms with Crippen LogP contribution in [0, 0.1) is 17.8 Å². The zero-order valence-electron chi connectivity index (χ0n) is 13.9. The molecule has 3 rings (SSSR count). The van der Waals surface area contributed by atoms with Gasteiger partial charge in [0.1, 0.15) is 0 Å². The SMILES string of the molecule is CCCC1CCC(O)C(C2CCOC3(CCCCC3)C2)C1. The van der Waals surface area contributed by atoms with E-state index in [4.69, 9.17) is 4.74 Å². The molecule has 1 heterocycles. The van der Waals surface area contributed by atoms with Gasteiger partial charge in [0, 0.05) is 6.61 Å². The molecule has 21 heavy (non-hydrogen) atoms. The first-order chi connectivity index (χ1) is 10.2. The summed E-state index contributed by atoms with van der Waals surface area (Å²) in [4.78, 5) is 0. The molecule has 1 aliphatic heterocycles. The Kier molecular flexibility index (Phi) is 5.27. The Bertz CT molecular complexity index is 316. The molecule has 1 spiro atoms. The van der Waals surface area contributed by atoms with Crippen molar-refractivity contribution in [3.05, 3.63) is 0 Å². The van der Waals surface area contributed by atoms with Gasteiger partial charge in [-0.25, -0.2) is 0 Å². The third-order valence-electron chi connectivity index (χ3n) is 6.57. The second-order valence-corrected chi connectivity index (χ2v) is 8.04. The van der Waals surface area contributed by atoms with Gasteiger partial charge in [-0.3, -0.25) is 0 Å². The lowest BCUT2D eigenvalue weighted by molar-refractivity contribution is -0.137. The Balaban J connectivity index is 1.63. The van der Waals surface area contributed by atoms with Crippen molar-refractivity contribution in [2.24, 2.45) is 17.8 Å². The van der Waals surface area contributed by atoms with Gasteiger partial charge in [0.05, 0.1) is 11.7 Å². The van der Waals surface area contributed by atoms with Gasteiger partial charge in [-0.1, -0.05) is 39.0 Å². The van der Waals surface area contributed by atoms with Crippen molar-refractivity contribution in [3.8, 4) is 0 Å². The molecule has 0 aromatic carbocycles. The van der Waals surface area contributed by atoms with Crippen LogP contribution in [0.1, 0.15) is 84.0 Å². The first-order valence-corrected chi connectivity index (χ1v) is 9.54. The van der Waals surface area contributed by atoms with Crippen LogP contribution in [0.25, 0.3) is 0 Å². The summed E-state index contributed by atoms with van der Waals surface area (Å²) in [5.74, 6) is 2.14. The second kappa shape index (κ2) is 7.00. The van der Waals surface area contributed by atoms with E-state index in [2.05, 4.69) is 6.92 Å². The van der Waals surface area contributed by atoms with E-state index in [9.17, 15) is 5.11 Å². The van der Waals surface area contributed by atoms with E-state index in [0.717, 1.165) is 18.9 Å². The van der Waals surface area contributed by atoms with Gasteiger partial charge in [-0.2, -0.15) is 0 Å². The third kappa shape index (κ3) is 3.64. The summed E-state index contributed by atoms with van der Waals surface area (Å²) in [6.07, 6.45) is 15.2. The predicted octanol–water partition coefficient (Wildman–Crippen LogP) is 4.69. The van der Waals surface area contributed by atoms with E-state index < -0.39 is 0 Å². The van der Waals surface area contributed by atoms with Crippen molar-refractivity contribution in [1.29, 1.82) is 0 Å². The van der Waals surface area contributed by atoms with Crippen molar-refractivity contribution in [3.63, 3.8) is 0 Å². The second-order valence-electron chi connectivity index (χ2n) is 8.04. The molecule has 0 bridgehead atoms. The third-order valence-corrected chi connectivity index (χ3v) is 6.57. The van der Waals surface area contributed by atoms with Crippen molar-refractivity contribution >= 4 is 0 Å². The van der Waals surface area contributed by atoms with E-state index >= 15 is 0 Å². The van der Waals surface area contributed by atoms with Crippen LogP contribution >= 0.6 is 0 Å². The van der Waals surface area contributed by atoms with Crippen LogP contribution in [0.15, 0.2) is 0 Å². The molecule has 1 N–H and O–H groups in total. The molecule has 0 radical (unpaired) electrons. The van der Waals surface area contributed by atoms with E-state index in [1.165, 1.54) is 70.6 Å². The van der Waals surface area contributed by atoms with Crippen molar-refractivity contribution in [2.45, 2.75) is 95.7 Å². The first-order valence-electron chi connectivity index (χ1n) is 9.54. The molecular weight excluding hydrogens is 260 g/mol. The van der Waals surface area contributed by atoms with Crippen molar-refractivity contribution in [2.75, 3.05) is 6.61 Å². The molecule has 3 aliphatic rings. The zero-order chi connectivity index (χ0) is 14.7. The van der Waals surface area contributed by atoms with E-state index in [1.807, 2.05) is 0 Å². The summed E-state index contributed by atoms with van der Waals surface area (Å²) >= 11 is 0. The number of aliphatic hydroxyl groups is 1. The van der Waals surface area contributed by atoms with Crippen molar-refractivity contribution < 1.29 is 9.84 Å². The molecule has 1 saturated heterocycles. The van der Waals surface area contributed by atoms with Crippen LogP contribution in [-0.2, 0) is 4.74 Å². The Hall–Kier alpha value is -0.0800. The van der Waals surface area contributed by atoms with Gasteiger partial charge in [0.15, 0.2) is 0 Å². The predicted molar refractivity (Wildman–Crippen MR) is 86.2 cm³/mol. The molecule has 2 nitrogen and oxygen atoms in total. The molecule has 0 aromatic rings. The minimum absolute atomic E-state index is 0.0400. The van der Waals surface area contributed by atoms with E-state index in [0.29, 0.717) is 11.8 Å². The molecule has 2 saturated carbocycles. The highest BCUT2D eigenvalue weighted by molar-refractivity contribution is 4.94. The Labute approximate surface area is 130 Å². The van der Waals surface area contributed by atoms with Crippen LogP contribution in [-0.4, -0.2) is 23.4 Å². The number of rotatable bonds is 3. The molecule has 2 aliphatic carbocycles. The standard InChI is InChI=1S/C19H34O2/c1-2-6-15-7-8-18(20)17(13-15)16-9-12-21-19(14-16)10-4-3-5-11-19/h15-18,20H,2-14H2,1H3. The summed E-state index contributed by atoms with van der Waals surface area (Å²) in [6.45, 7) is 3.23. The van der Waals surface area contributed by atoms with Gasteiger partial charge in [-0.15, -0.1) is 0 Å². The van der Waals surface area contributed by atoms with E-state index in [1.54, 1.807) is 0 Å². The fraction of sp³-hybridized carbons (Fsp3) is 1.00. The maximum absolute atomic E-state index is 10.6. The molecule has 2 heteroatoms. The summed E-state index contributed by atoms with van der Waals surface area (Å²) < 4.78 is 6.26. The van der Waals surface area contributed by atoms with Gasteiger partial charge < -0.3 is 9.84 Å². The normalized spacial score (nSPS) is 40.3. The molecule has 4 atom stereocenters. The Morgan fingerprint density at radius 2 is 1.90 bits per heavy atom. The fourth-order valence-corrected chi connectivity index (χ4v) is 5.43.